The van der Waals surface area contributed by atoms with Crippen molar-refractivity contribution in [1.29, 1.82) is 0 Å². The van der Waals surface area contributed by atoms with Gasteiger partial charge in [0.25, 0.3) is 0 Å². The van der Waals surface area contributed by atoms with E-state index in [4.69, 9.17) is 4.74 Å². The maximum atomic E-state index is 13.9. The standard InChI is InChI=1S/C29H29N3O6/c1-14-25(35)23(16(3)33)27-24(26(14)36)29(4)20(38-27)13-19(34)22(28(29)37)15(2)30-12-8-11-21-31-17-9-6-7-10-18(17)32(21)5/h6-7,9-10,13,30,35-36H,8,11-12H2,1-5H3/b22-15+/t29-/m0/s1. The van der Waals surface area contributed by atoms with Crippen molar-refractivity contribution in [1.82, 2.24) is 14.9 Å². The number of nitrogens with zero attached hydrogens (tertiary/aromatic N) is 2. The van der Waals surface area contributed by atoms with Crippen LogP contribution in [0.25, 0.3) is 11.0 Å². The number of carbonyl (C=O) groups is 3. The number of para-hydroxylation sites is 2. The molecule has 1 aliphatic carbocycles. The molecule has 0 spiro atoms. The van der Waals surface area contributed by atoms with E-state index in [-0.39, 0.29) is 39.5 Å². The van der Waals surface area contributed by atoms with Crippen molar-refractivity contribution in [2.75, 3.05) is 6.54 Å². The first kappa shape index (κ1) is 25.3. The van der Waals surface area contributed by atoms with Crippen LogP contribution >= 0.6 is 0 Å². The zero-order valence-corrected chi connectivity index (χ0v) is 21.9. The van der Waals surface area contributed by atoms with Crippen molar-refractivity contribution in [3.8, 4) is 17.2 Å². The Morgan fingerprint density at radius 1 is 1.16 bits per heavy atom. The van der Waals surface area contributed by atoms with Crippen LogP contribution in [0.5, 0.6) is 17.2 Å². The highest BCUT2D eigenvalue weighted by Crippen LogP contribution is 2.57. The molecule has 3 aromatic rings. The monoisotopic (exact) mass is 515 g/mol. The van der Waals surface area contributed by atoms with Crippen molar-refractivity contribution < 1.29 is 29.3 Å². The average molecular weight is 516 g/mol. The summed E-state index contributed by atoms with van der Waals surface area (Å²) in [6, 6.07) is 7.92. The third-order valence-electron chi connectivity index (χ3n) is 7.61. The van der Waals surface area contributed by atoms with E-state index >= 15 is 0 Å². The molecule has 0 radical (unpaired) electrons. The smallest absolute Gasteiger partial charge is 0.194 e. The Kier molecular flexibility index (Phi) is 5.89. The predicted molar refractivity (Wildman–Crippen MR) is 140 cm³/mol. The molecule has 9 nitrogen and oxygen atoms in total. The summed E-state index contributed by atoms with van der Waals surface area (Å²) in [5.41, 5.74) is 0.851. The van der Waals surface area contributed by atoms with E-state index in [1.807, 2.05) is 31.3 Å². The molecule has 0 saturated heterocycles. The fourth-order valence-electron chi connectivity index (χ4n) is 5.39. The lowest BCUT2D eigenvalue weighted by atomic mass is 9.70. The summed E-state index contributed by atoms with van der Waals surface area (Å²) < 4.78 is 7.86. The number of aromatic hydroxyl groups is 2. The van der Waals surface area contributed by atoms with Gasteiger partial charge in [0.2, 0.25) is 0 Å². The summed E-state index contributed by atoms with van der Waals surface area (Å²) in [5.74, 6) is -1.45. The fraction of sp³-hybridized carbons (Fsp3) is 0.310. The molecule has 1 aromatic heterocycles. The number of aromatic nitrogens is 2. The van der Waals surface area contributed by atoms with Gasteiger partial charge in [-0.1, -0.05) is 12.1 Å². The summed E-state index contributed by atoms with van der Waals surface area (Å²) in [5, 5.41) is 24.6. The van der Waals surface area contributed by atoms with E-state index in [0.29, 0.717) is 18.7 Å². The van der Waals surface area contributed by atoms with Gasteiger partial charge in [0.1, 0.15) is 39.8 Å². The predicted octanol–water partition coefficient (Wildman–Crippen LogP) is 3.68. The first-order valence-corrected chi connectivity index (χ1v) is 12.4. The average Bonchev–Trinajstić information content (AvgIpc) is 3.34. The molecule has 1 aliphatic heterocycles. The molecule has 0 unspecified atom stereocenters. The highest BCUT2D eigenvalue weighted by molar-refractivity contribution is 6.31. The first-order valence-electron chi connectivity index (χ1n) is 12.4. The van der Waals surface area contributed by atoms with E-state index in [2.05, 4.69) is 14.9 Å². The number of ketones is 3. The molecule has 5 rings (SSSR count). The van der Waals surface area contributed by atoms with Gasteiger partial charge in [-0.15, -0.1) is 0 Å². The quantitative estimate of drug-likeness (QED) is 0.196. The third kappa shape index (κ3) is 3.53. The second kappa shape index (κ2) is 8.86. The number of ether oxygens (including phenoxy) is 1. The number of rotatable bonds is 6. The third-order valence-corrected chi connectivity index (χ3v) is 7.61. The Labute approximate surface area is 219 Å². The van der Waals surface area contributed by atoms with Gasteiger partial charge in [0.05, 0.1) is 22.2 Å². The van der Waals surface area contributed by atoms with Gasteiger partial charge in [-0.25, -0.2) is 4.98 Å². The number of benzene rings is 2. The number of phenols is 2. The molecule has 0 bridgehead atoms. The maximum absolute atomic E-state index is 13.9. The van der Waals surface area contributed by atoms with Gasteiger partial charge in [-0.3, -0.25) is 14.4 Å². The molecule has 0 saturated carbocycles. The number of carbonyl (C=O) groups excluding carboxylic acids is 3. The number of hydrogen-bond donors (Lipinski definition) is 3. The van der Waals surface area contributed by atoms with Gasteiger partial charge in [-0.2, -0.15) is 0 Å². The van der Waals surface area contributed by atoms with Crippen LogP contribution in [0.3, 0.4) is 0 Å². The lowest BCUT2D eigenvalue weighted by molar-refractivity contribution is -0.123. The SMILES string of the molecule is CC(=O)c1c(O)c(C)c(O)c2c1OC1=CC(=O)/C(=C(/C)NCCCc3nc4ccccc4n3C)C(=O)[C@@]12C. The molecule has 0 amide bonds. The van der Waals surface area contributed by atoms with E-state index < -0.39 is 28.5 Å². The minimum atomic E-state index is -1.53. The van der Waals surface area contributed by atoms with E-state index in [9.17, 15) is 24.6 Å². The molecule has 2 heterocycles. The fourth-order valence-corrected chi connectivity index (χ4v) is 5.39. The lowest BCUT2D eigenvalue weighted by Gasteiger charge is -2.29. The molecule has 9 heteroatoms. The van der Waals surface area contributed by atoms with E-state index in [1.165, 1.54) is 19.9 Å². The zero-order valence-electron chi connectivity index (χ0n) is 21.9. The number of Topliss-reactive ketones (excluding diaryl/α,β-unsaturated/α-hetero) is 2. The normalized spacial score (nSPS) is 19.7. The summed E-state index contributed by atoms with van der Waals surface area (Å²) in [6.45, 7) is 6.44. The van der Waals surface area contributed by atoms with Crippen molar-refractivity contribution >= 4 is 28.4 Å². The van der Waals surface area contributed by atoms with Gasteiger partial charge in [-0.05, 0) is 46.2 Å². The van der Waals surface area contributed by atoms with Crippen molar-refractivity contribution in [2.24, 2.45) is 7.05 Å². The van der Waals surface area contributed by atoms with Gasteiger partial charge in [0.15, 0.2) is 17.3 Å². The number of imidazole rings is 1. The molecule has 3 N–H and O–H groups in total. The van der Waals surface area contributed by atoms with Crippen molar-refractivity contribution in [2.45, 2.75) is 46.0 Å². The summed E-state index contributed by atoms with van der Waals surface area (Å²) in [7, 11) is 1.98. The second-order valence-electron chi connectivity index (χ2n) is 9.99. The Balaban J connectivity index is 1.42. The largest absolute Gasteiger partial charge is 0.507 e. The number of hydrogen-bond acceptors (Lipinski definition) is 8. The maximum Gasteiger partial charge on any atom is 0.194 e. The molecular formula is C29H29N3O6. The minimum absolute atomic E-state index is 0.0173. The number of aryl methyl sites for hydroxylation is 2. The van der Waals surface area contributed by atoms with Crippen LogP contribution in [0.2, 0.25) is 0 Å². The number of phenolic OH excluding ortho intramolecular Hbond substituents is 2. The molecule has 196 valence electrons. The van der Waals surface area contributed by atoms with Crippen LogP contribution in [0, 0.1) is 6.92 Å². The first-order chi connectivity index (χ1) is 18.0. The van der Waals surface area contributed by atoms with E-state index in [1.54, 1.807) is 13.8 Å². The topological polar surface area (TPSA) is 131 Å². The summed E-state index contributed by atoms with van der Waals surface area (Å²) in [6.07, 6.45) is 2.64. The van der Waals surface area contributed by atoms with Crippen molar-refractivity contribution in [3.63, 3.8) is 0 Å². The second-order valence-corrected chi connectivity index (χ2v) is 9.99. The van der Waals surface area contributed by atoms with Crippen LogP contribution in [-0.2, 0) is 28.5 Å². The molecule has 2 aromatic carbocycles. The van der Waals surface area contributed by atoms with Crippen molar-refractivity contribution in [3.05, 3.63) is 69.9 Å². The Morgan fingerprint density at radius 2 is 1.87 bits per heavy atom. The van der Waals surface area contributed by atoms with Crippen LogP contribution in [-0.4, -0.2) is 43.7 Å². The van der Waals surface area contributed by atoms with Gasteiger partial charge < -0.3 is 24.8 Å². The Morgan fingerprint density at radius 3 is 2.55 bits per heavy atom. The van der Waals surface area contributed by atoms with Crippen LogP contribution in [0.1, 0.15) is 54.5 Å². The minimum Gasteiger partial charge on any atom is -0.507 e. The molecule has 0 fully saturated rings. The Hall–Kier alpha value is -4.40. The van der Waals surface area contributed by atoms with Crippen LogP contribution in [0.15, 0.2) is 47.4 Å². The van der Waals surface area contributed by atoms with Crippen LogP contribution in [0.4, 0.5) is 0 Å². The summed E-state index contributed by atoms with van der Waals surface area (Å²) in [4.78, 5) is 43.9. The summed E-state index contributed by atoms with van der Waals surface area (Å²) >= 11 is 0. The highest BCUT2D eigenvalue weighted by Gasteiger charge is 2.56. The number of nitrogens with one attached hydrogen (secondary N) is 1. The van der Waals surface area contributed by atoms with Gasteiger partial charge >= 0.3 is 0 Å². The van der Waals surface area contributed by atoms with Crippen LogP contribution < -0.4 is 10.1 Å². The molecular weight excluding hydrogens is 486 g/mol. The Bertz CT molecular complexity index is 1630. The lowest BCUT2D eigenvalue weighted by Crippen LogP contribution is -2.41. The highest BCUT2D eigenvalue weighted by atomic mass is 16.5. The zero-order chi connectivity index (χ0) is 27.5. The molecule has 1 atom stereocenters. The molecule has 2 aliphatic rings. The van der Waals surface area contributed by atoms with E-state index in [0.717, 1.165) is 23.3 Å². The number of fused-ring (bicyclic) bond motifs is 4. The molecule has 38 heavy (non-hydrogen) atoms. The number of allylic oxidation sites excluding steroid dienone is 4. The van der Waals surface area contributed by atoms with Gasteiger partial charge in [0, 0.05) is 37.3 Å².